The van der Waals surface area contributed by atoms with Gasteiger partial charge >= 0.3 is 0 Å². The van der Waals surface area contributed by atoms with Crippen molar-refractivity contribution in [3.8, 4) is 5.75 Å². The highest BCUT2D eigenvalue weighted by molar-refractivity contribution is 6.06. The van der Waals surface area contributed by atoms with Gasteiger partial charge in [0.2, 0.25) is 5.91 Å². The first-order chi connectivity index (χ1) is 16.5. The number of ketones is 1. The van der Waals surface area contributed by atoms with Crippen molar-refractivity contribution in [1.82, 2.24) is 0 Å². The molecule has 1 aliphatic carbocycles. The maximum absolute atomic E-state index is 14.3. The quantitative estimate of drug-likeness (QED) is 0.545. The van der Waals surface area contributed by atoms with E-state index in [1.807, 2.05) is 48.5 Å². The fraction of sp³-hybridized carbons (Fsp3) is 0.214. The largest absolute Gasteiger partial charge is 0.497 e. The standard InChI is InChI=1S/C28H25FN2O3/c1-17(32)31-25-9-4-3-8-23(25)30-24-15-20(18-10-12-22(34-2)13-11-18)16-26(33)27(24)28(31)19-6-5-7-21(29)14-19/h3-14,20,28,30H,15-16H2,1-2H3/t20-,28-/m1/s1. The third-order valence-electron chi connectivity index (χ3n) is 6.58. The maximum Gasteiger partial charge on any atom is 0.224 e. The van der Waals surface area contributed by atoms with Crippen molar-refractivity contribution in [2.45, 2.75) is 31.7 Å². The minimum atomic E-state index is -0.719. The lowest BCUT2D eigenvalue weighted by molar-refractivity contribution is -0.117. The molecule has 0 fully saturated rings. The predicted molar refractivity (Wildman–Crippen MR) is 129 cm³/mol. The molecule has 1 N–H and O–H groups in total. The Morgan fingerprint density at radius 2 is 1.76 bits per heavy atom. The number of fused-ring (bicyclic) bond motifs is 1. The number of amides is 1. The number of para-hydroxylation sites is 2. The number of carbonyl (C=O) groups excluding carboxylic acids is 2. The summed E-state index contributed by atoms with van der Waals surface area (Å²) in [5.41, 5.74) is 4.30. The summed E-state index contributed by atoms with van der Waals surface area (Å²) in [4.78, 5) is 28.3. The van der Waals surface area contributed by atoms with Gasteiger partial charge in [-0.3, -0.25) is 14.5 Å². The summed E-state index contributed by atoms with van der Waals surface area (Å²) < 4.78 is 19.6. The number of ether oxygens (including phenoxy) is 1. The lowest BCUT2D eigenvalue weighted by Crippen LogP contribution is -2.37. The molecule has 0 radical (unpaired) electrons. The third kappa shape index (κ3) is 3.85. The molecular formula is C28H25FN2O3. The van der Waals surface area contributed by atoms with Gasteiger partial charge in [-0.2, -0.15) is 0 Å². The van der Waals surface area contributed by atoms with Gasteiger partial charge in [0.1, 0.15) is 11.6 Å². The van der Waals surface area contributed by atoms with E-state index in [1.54, 1.807) is 24.1 Å². The van der Waals surface area contributed by atoms with E-state index >= 15 is 0 Å². The molecular weight excluding hydrogens is 431 g/mol. The van der Waals surface area contributed by atoms with E-state index in [0.29, 0.717) is 29.7 Å². The molecule has 1 amide bonds. The van der Waals surface area contributed by atoms with Crippen molar-refractivity contribution in [2.24, 2.45) is 0 Å². The highest BCUT2D eigenvalue weighted by Gasteiger charge is 2.40. The summed E-state index contributed by atoms with van der Waals surface area (Å²) in [5.74, 6) is 0.0580. The highest BCUT2D eigenvalue weighted by atomic mass is 19.1. The van der Waals surface area contributed by atoms with Crippen LogP contribution >= 0.6 is 0 Å². The Kier molecular flexibility index (Phi) is 5.65. The van der Waals surface area contributed by atoms with Crippen LogP contribution in [-0.2, 0) is 9.59 Å². The number of nitrogens with zero attached hydrogens (tertiary/aromatic N) is 1. The molecule has 1 heterocycles. The number of methoxy groups -OCH3 is 1. The van der Waals surface area contributed by atoms with E-state index in [9.17, 15) is 14.0 Å². The summed E-state index contributed by atoms with van der Waals surface area (Å²) in [5, 5.41) is 3.46. The van der Waals surface area contributed by atoms with Crippen molar-refractivity contribution in [3.63, 3.8) is 0 Å². The van der Waals surface area contributed by atoms with Crippen LogP contribution in [0.3, 0.4) is 0 Å². The first-order valence-corrected chi connectivity index (χ1v) is 11.3. The topological polar surface area (TPSA) is 58.6 Å². The molecule has 0 saturated carbocycles. The monoisotopic (exact) mass is 456 g/mol. The van der Waals surface area contributed by atoms with E-state index < -0.39 is 11.9 Å². The van der Waals surface area contributed by atoms with Crippen LogP contribution in [0.2, 0.25) is 0 Å². The molecule has 0 bridgehead atoms. The van der Waals surface area contributed by atoms with Gasteiger partial charge in [0.05, 0.1) is 24.5 Å². The molecule has 3 aromatic carbocycles. The van der Waals surface area contributed by atoms with E-state index in [0.717, 1.165) is 22.7 Å². The molecule has 0 spiro atoms. The molecule has 34 heavy (non-hydrogen) atoms. The van der Waals surface area contributed by atoms with Gasteiger partial charge in [0, 0.05) is 24.6 Å². The average Bonchev–Trinajstić information content (AvgIpc) is 2.98. The van der Waals surface area contributed by atoms with Crippen LogP contribution < -0.4 is 15.0 Å². The molecule has 0 unspecified atom stereocenters. The van der Waals surface area contributed by atoms with Crippen LogP contribution in [0.25, 0.3) is 0 Å². The fourth-order valence-electron chi connectivity index (χ4n) is 5.04. The summed E-state index contributed by atoms with van der Waals surface area (Å²) >= 11 is 0. The molecule has 1 aliphatic heterocycles. The van der Waals surface area contributed by atoms with Crippen LogP contribution in [0.4, 0.5) is 15.8 Å². The summed E-state index contributed by atoms with van der Waals surface area (Å²) in [6, 6.07) is 20.7. The Balaban J connectivity index is 1.67. The van der Waals surface area contributed by atoms with Gasteiger partial charge in [-0.05, 0) is 59.9 Å². The molecule has 2 atom stereocenters. The number of anilines is 2. The first-order valence-electron chi connectivity index (χ1n) is 11.3. The maximum atomic E-state index is 14.3. The van der Waals surface area contributed by atoms with E-state index in [2.05, 4.69) is 5.32 Å². The number of benzene rings is 3. The summed E-state index contributed by atoms with van der Waals surface area (Å²) in [6.45, 7) is 1.47. The van der Waals surface area contributed by atoms with Crippen molar-refractivity contribution in [2.75, 3.05) is 17.3 Å². The van der Waals surface area contributed by atoms with Gasteiger partial charge in [-0.25, -0.2) is 4.39 Å². The highest BCUT2D eigenvalue weighted by Crippen LogP contribution is 2.47. The smallest absolute Gasteiger partial charge is 0.224 e. The lowest BCUT2D eigenvalue weighted by atomic mass is 9.78. The van der Waals surface area contributed by atoms with Gasteiger partial charge in [-0.1, -0.05) is 36.4 Å². The van der Waals surface area contributed by atoms with Gasteiger partial charge in [-0.15, -0.1) is 0 Å². The Labute approximate surface area is 197 Å². The number of Topliss-reactive ketones (excluding diaryl/α,β-unsaturated/α-hetero) is 1. The molecule has 2 aliphatic rings. The molecule has 172 valence electrons. The van der Waals surface area contributed by atoms with Crippen molar-refractivity contribution < 1.29 is 18.7 Å². The Morgan fingerprint density at radius 1 is 1.00 bits per heavy atom. The second-order valence-corrected chi connectivity index (χ2v) is 8.68. The van der Waals surface area contributed by atoms with Crippen LogP contribution in [0.5, 0.6) is 5.75 Å². The van der Waals surface area contributed by atoms with Crippen molar-refractivity contribution in [3.05, 3.63) is 101 Å². The summed E-state index contributed by atoms with van der Waals surface area (Å²) in [7, 11) is 1.62. The molecule has 5 rings (SSSR count). The number of hydrogen-bond donors (Lipinski definition) is 1. The zero-order valence-electron chi connectivity index (χ0n) is 19.0. The van der Waals surface area contributed by atoms with Crippen molar-refractivity contribution >= 4 is 23.1 Å². The minimum absolute atomic E-state index is 0.0196. The normalized spacial score (nSPS) is 19.6. The molecule has 5 nitrogen and oxygen atoms in total. The molecule has 3 aromatic rings. The first kappa shape index (κ1) is 21.9. The Bertz CT molecular complexity index is 1300. The third-order valence-corrected chi connectivity index (χ3v) is 6.58. The van der Waals surface area contributed by atoms with Gasteiger partial charge in [0.25, 0.3) is 0 Å². The summed E-state index contributed by atoms with van der Waals surface area (Å²) in [6.07, 6.45) is 0.903. The van der Waals surface area contributed by atoms with Crippen LogP contribution in [0.1, 0.15) is 42.9 Å². The van der Waals surface area contributed by atoms with E-state index in [-0.39, 0.29) is 17.6 Å². The average molecular weight is 457 g/mol. The second kappa shape index (κ2) is 8.78. The number of allylic oxidation sites excluding steroid dienone is 1. The Hall–Kier alpha value is -3.93. The fourth-order valence-corrected chi connectivity index (χ4v) is 5.04. The second-order valence-electron chi connectivity index (χ2n) is 8.68. The molecule has 0 saturated heterocycles. The molecule has 0 aromatic heterocycles. The van der Waals surface area contributed by atoms with Crippen LogP contribution in [0.15, 0.2) is 84.1 Å². The van der Waals surface area contributed by atoms with Crippen LogP contribution in [0, 0.1) is 5.82 Å². The Morgan fingerprint density at radius 3 is 2.47 bits per heavy atom. The van der Waals surface area contributed by atoms with E-state index in [4.69, 9.17) is 4.74 Å². The van der Waals surface area contributed by atoms with Gasteiger partial charge in [0.15, 0.2) is 5.78 Å². The zero-order valence-corrected chi connectivity index (χ0v) is 19.0. The number of nitrogens with one attached hydrogen (secondary N) is 1. The molecule has 6 heteroatoms. The number of halogens is 1. The van der Waals surface area contributed by atoms with E-state index in [1.165, 1.54) is 19.1 Å². The van der Waals surface area contributed by atoms with Crippen molar-refractivity contribution in [1.29, 1.82) is 0 Å². The SMILES string of the molecule is COc1ccc([C@H]2CC(=O)C3=C(C2)Nc2ccccc2N(C(C)=O)[C@@H]3c2cccc(F)c2)cc1. The lowest BCUT2D eigenvalue weighted by Gasteiger charge is -2.34. The predicted octanol–water partition coefficient (Wildman–Crippen LogP) is 5.75. The zero-order chi connectivity index (χ0) is 23.8. The number of carbonyl (C=O) groups is 2. The van der Waals surface area contributed by atoms with Crippen LogP contribution in [-0.4, -0.2) is 18.8 Å². The van der Waals surface area contributed by atoms with Gasteiger partial charge < -0.3 is 10.1 Å². The minimum Gasteiger partial charge on any atom is -0.497 e. The number of hydrogen-bond acceptors (Lipinski definition) is 4. The number of rotatable bonds is 3.